The summed E-state index contributed by atoms with van der Waals surface area (Å²) in [6.07, 6.45) is 0.440. The molecule has 0 saturated carbocycles. The number of rotatable bonds is 2. The highest BCUT2D eigenvalue weighted by atomic mass is 16.3. The third kappa shape index (κ3) is 1.84. The van der Waals surface area contributed by atoms with E-state index in [4.69, 9.17) is 0 Å². The van der Waals surface area contributed by atoms with Crippen LogP contribution in [0.3, 0.4) is 0 Å². The van der Waals surface area contributed by atoms with Crippen molar-refractivity contribution in [3.63, 3.8) is 0 Å². The van der Waals surface area contributed by atoms with Gasteiger partial charge in [-0.3, -0.25) is 4.79 Å². The van der Waals surface area contributed by atoms with Crippen LogP contribution in [-0.4, -0.2) is 11.0 Å². The van der Waals surface area contributed by atoms with E-state index in [0.29, 0.717) is 6.42 Å². The van der Waals surface area contributed by atoms with E-state index in [-0.39, 0.29) is 11.7 Å². The van der Waals surface area contributed by atoms with Gasteiger partial charge < -0.3 is 10.4 Å². The van der Waals surface area contributed by atoms with E-state index >= 15 is 0 Å². The molecule has 0 heterocycles. The standard InChI is InChI=1S/C13H13NO2/c1-2-13(16)14-11-7-8-12(15)10-6-4-3-5-9(10)11/h3-8,15H,2H2,1H3,(H,14,16). The summed E-state index contributed by atoms with van der Waals surface area (Å²) in [5, 5.41) is 14.1. The average Bonchev–Trinajstić information content (AvgIpc) is 2.33. The van der Waals surface area contributed by atoms with Gasteiger partial charge in [-0.05, 0) is 12.1 Å². The average molecular weight is 215 g/mol. The number of hydrogen-bond donors (Lipinski definition) is 2. The van der Waals surface area contributed by atoms with Gasteiger partial charge in [0.05, 0.1) is 0 Å². The van der Waals surface area contributed by atoms with Crippen molar-refractivity contribution in [3.05, 3.63) is 36.4 Å². The van der Waals surface area contributed by atoms with Crippen LogP contribution in [-0.2, 0) is 4.79 Å². The van der Waals surface area contributed by atoms with E-state index in [1.807, 2.05) is 24.3 Å². The number of anilines is 1. The minimum Gasteiger partial charge on any atom is -0.507 e. The molecule has 0 bridgehead atoms. The lowest BCUT2D eigenvalue weighted by atomic mass is 10.1. The number of carbonyl (C=O) groups excluding carboxylic acids is 1. The van der Waals surface area contributed by atoms with Gasteiger partial charge in [-0.25, -0.2) is 0 Å². The summed E-state index contributed by atoms with van der Waals surface area (Å²) in [7, 11) is 0. The molecule has 0 radical (unpaired) electrons. The van der Waals surface area contributed by atoms with E-state index in [0.717, 1.165) is 16.5 Å². The summed E-state index contributed by atoms with van der Waals surface area (Å²) >= 11 is 0. The molecule has 0 fully saturated rings. The molecular formula is C13H13NO2. The van der Waals surface area contributed by atoms with Crippen LogP contribution in [0.1, 0.15) is 13.3 Å². The monoisotopic (exact) mass is 215 g/mol. The van der Waals surface area contributed by atoms with Crippen molar-refractivity contribution in [2.75, 3.05) is 5.32 Å². The van der Waals surface area contributed by atoms with Crippen molar-refractivity contribution in [2.24, 2.45) is 0 Å². The number of phenolic OH excluding ortho intramolecular Hbond substituents is 1. The minimum absolute atomic E-state index is 0.0316. The smallest absolute Gasteiger partial charge is 0.224 e. The molecule has 0 aromatic heterocycles. The fourth-order valence-corrected chi connectivity index (χ4v) is 1.63. The Kier molecular flexibility index (Phi) is 2.77. The molecule has 0 spiro atoms. The molecule has 0 aliphatic heterocycles. The second kappa shape index (κ2) is 4.23. The first kappa shape index (κ1) is 10.5. The maximum absolute atomic E-state index is 11.3. The van der Waals surface area contributed by atoms with Crippen LogP contribution < -0.4 is 5.32 Å². The number of phenols is 1. The predicted octanol–water partition coefficient (Wildman–Crippen LogP) is 2.89. The zero-order chi connectivity index (χ0) is 11.5. The van der Waals surface area contributed by atoms with E-state index < -0.39 is 0 Å². The number of nitrogens with one attached hydrogen (secondary N) is 1. The van der Waals surface area contributed by atoms with Gasteiger partial charge in [0.15, 0.2) is 0 Å². The molecule has 3 nitrogen and oxygen atoms in total. The first-order chi connectivity index (χ1) is 7.72. The van der Waals surface area contributed by atoms with E-state index in [1.165, 1.54) is 0 Å². The number of amides is 1. The number of hydrogen-bond acceptors (Lipinski definition) is 2. The Balaban J connectivity index is 2.54. The predicted molar refractivity (Wildman–Crippen MR) is 64.5 cm³/mol. The second-order valence-electron chi connectivity index (χ2n) is 3.58. The van der Waals surface area contributed by atoms with Crippen molar-refractivity contribution >= 4 is 22.4 Å². The molecule has 2 rings (SSSR count). The summed E-state index contributed by atoms with van der Waals surface area (Å²) in [6.45, 7) is 1.80. The SMILES string of the molecule is CCC(=O)Nc1ccc(O)c2ccccc12. The Morgan fingerprint density at radius 3 is 2.56 bits per heavy atom. The molecule has 0 atom stereocenters. The summed E-state index contributed by atoms with van der Waals surface area (Å²) in [6, 6.07) is 10.7. The summed E-state index contributed by atoms with van der Waals surface area (Å²) < 4.78 is 0. The largest absolute Gasteiger partial charge is 0.507 e. The van der Waals surface area contributed by atoms with Crippen LogP contribution in [0.15, 0.2) is 36.4 Å². The fraction of sp³-hybridized carbons (Fsp3) is 0.154. The van der Waals surface area contributed by atoms with Gasteiger partial charge in [-0.2, -0.15) is 0 Å². The van der Waals surface area contributed by atoms with Crippen LogP contribution in [0.2, 0.25) is 0 Å². The van der Waals surface area contributed by atoms with Crippen molar-refractivity contribution in [3.8, 4) is 5.75 Å². The molecule has 0 saturated heterocycles. The van der Waals surface area contributed by atoms with Gasteiger partial charge in [0.2, 0.25) is 5.91 Å². The Morgan fingerprint density at radius 2 is 1.88 bits per heavy atom. The van der Waals surface area contributed by atoms with Gasteiger partial charge in [-0.1, -0.05) is 31.2 Å². The van der Waals surface area contributed by atoms with Crippen molar-refractivity contribution in [1.29, 1.82) is 0 Å². The Hall–Kier alpha value is -2.03. The minimum atomic E-state index is -0.0316. The molecule has 16 heavy (non-hydrogen) atoms. The van der Waals surface area contributed by atoms with Crippen molar-refractivity contribution in [1.82, 2.24) is 0 Å². The number of benzene rings is 2. The summed E-state index contributed by atoms with van der Waals surface area (Å²) in [5.41, 5.74) is 0.736. The van der Waals surface area contributed by atoms with Crippen LogP contribution in [0.25, 0.3) is 10.8 Å². The lowest BCUT2D eigenvalue weighted by Crippen LogP contribution is -2.09. The molecule has 0 aliphatic carbocycles. The van der Waals surface area contributed by atoms with Gasteiger partial charge in [0.25, 0.3) is 0 Å². The maximum atomic E-state index is 11.3. The zero-order valence-corrected chi connectivity index (χ0v) is 9.03. The lowest BCUT2D eigenvalue weighted by Gasteiger charge is -2.08. The maximum Gasteiger partial charge on any atom is 0.224 e. The van der Waals surface area contributed by atoms with Crippen LogP contribution in [0.5, 0.6) is 5.75 Å². The first-order valence-electron chi connectivity index (χ1n) is 5.23. The molecule has 2 aromatic rings. The number of fused-ring (bicyclic) bond motifs is 1. The Morgan fingerprint density at radius 1 is 1.19 bits per heavy atom. The van der Waals surface area contributed by atoms with Gasteiger partial charge >= 0.3 is 0 Å². The van der Waals surface area contributed by atoms with Gasteiger partial charge in [0.1, 0.15) is 5.75 Å². The molecular weight excluding hydrogens is 202 g/mol. The highest BCUT2D eigenvalue weighted by Gasteiger charge is 2.06. The van der Waals surface area contributed by atoms with Crippen molar-refractivity contribution < 1.29 is 9.90 Å². The molecule has 3 heteroatoms. The summed E-state index contributed by atoms with van der Waals surface area (Å²) in [4.78, 5) is 11.3. The molecule has 0 aliphatic rings. The lowest BCUT2D eigenvalue weighted by molar-refractivity contribution is -0.115. The molecule has 1 amide bonds. The number of aromatic hydroxyl groups is 1. The Bertz CT molecular complexity index is 534. The molecule has 0 unspecified atom stereocenters. The molecule has 2 N–H and O–H groups in total. The van der Waals surface area contributed by atoms with Gasteiger partial charge in [-0.15, -0.1) is 0 Å². The van der Waals surface area contributed by atoms with E-state index in [2.05, 4.69) is 5.32 Å². The second-order valence-corrected chi connectivity index (χ2v) is 3.58. The van der Waals surface area contributed by atoms with Crippen LogP contribution in [0.4, 0.5) is 5.69 Å². The highest BCUT2D eigenvalue weighted by molar-refractivity contribution is 6.04. The fourth-order valence-electron chi connectivity index (χ4n) is 1.63. The molecule has 2 aromatic carbocycles. The van der Waals surface area contributed by atoms with E-state index in [1.54, 1.807) is 19.1 Å². The Labute approximate surface area is 93.7 Å². The van der Waals surface area contributed by atoms with Crippen LogP contribution in [0, 0.1) is 0 Å². The summed E-state index contributed by atoms with van der Waals surface area (Å²) in [5.74, 6) is 0.195. The topological polar surface area (TPSA) is 49.3 Å². The van der Waals surface area contributed by atoms with Crippen molar-refractivity contribution in [2.45, 2.75) is 13.3 Å². The van der Waals surface area contributed by atoms with Gasteiger partial charge in [0, 0.05) is 22.9 Å². The first-order valence-corrected chi connectivity index (χ1v) is 5.23. The van der Waals surface area contributed by atoms with Crippen LogP contribution >= 0.6 is 0 Å². The molecule has 82 valence electrons. The third-order valence-corrected chi connectivity index (χ3v) is 2.50. The quantitative estimate of drug-likeness (QED) is 0.757. The number of carbonyl (C=O) groups is 1. The van der Waals surface area contributed by atoms with E-state index in [9.17, 15) is 9.90 Å². The normalized spacial score (nSPS) is 10.3. The zero-order valence-electron chi connectivity index (χ0n) is 9.03. The third-order valence-electron chi connectivity index (χ3n) is 2.50. The highest BCUT2D eigenvalue weighted by Crippen LogP contribution is 2.30.